The maximum absolute atomic E-state index is 13.3. The first-order valence-electron chi connectivity index (χ1n) is 3.94. The van der Waals surface area contributed by atoms with Gasteiger partial charge in [-0.3, -0.25) is 4.79 Å². The van der Waals surface area contributed by atoms with Crippen molar-refractivity contribution in [3.63, 3.8) is 0 Å². The van der Waals surface area contributed by atoms with E-state index in [0.717, 1.165) is 0 Å². The van der Waals surface area contributed by atoms with E-state index in [1.54, 1.807) is 6.07 Å². The number of hydrogen-bond acceptors (Lipinski definition) is 2. The Morgan fingerprint density at radius 3 is 2.71 bits per heavy atom. The van der Waals surface area contributed by atoms with Crippen molar-refractivity contribution in [2.45, 2.75) is 5.92 Å². The molecule has 0 aliphatic heterocycles. The van der Waals surface area contributed by atoms with E-state index in [9.17, 15) is 9.18 Å². The number of carbonyl (C=O) groups is 1. The van der Waals surface area contributed by atoms with Crippen LogP contribution < -0.4 is 5.73 Å². The summed E-state index contributed by atoms with van der Waals surface area (Å²) in [6.45, 7) is -0.117. The number of aliphatic carboxylic acids is 1. The van der Waals surface area contributed by atoms with Gasteiger partial charge in [-0.2, -0.15) is 0 Å². The van der Waals surface area contributed by atoms with Crippen LogP contribution in [0.3, 0.4) is 0 Å². The van der Waals surface area contributed by atoms with Gasteiger partial charge in [0, 0.05) is 16.6 Å². The van der Waals surface area contributed by atoms with E-state index in [1.165, 1.54) is 12.1 Å². The van der Waals surface area contributed by atoms with Gasteiger partial charge in [-0.15, -0.1) is 0 Å². The summed E-state index contributed by atoms with van der Waals surface area (Å²) in [6.07, 6.45) is 0. The number of hydrogen-bond donors (Lipinski definition) is 2. The molecule has 1 rings (SSSR count). The van der Waals surface area contributed by atoms with Gasteiger partial charge in [-0.05, 0) is 12.1 Å². The summed E-state index contributed by atoms with van der Waals surface area (Å²) in [5.41, 5.74) is 5.37. The molecule has 0 aromatic heterocycles. The van der Waals surface area contributed by atoms with Crippen LogP contribution in [0, 0.1) is 5.82 Å². The van der Waals surface area contributed by atoms with Crippen LogP contribution in [0.4, 0.5) is 4.39 Å². The molecule has 14 heavy (non-hydrogen) atoms. The summed E-state index contributed by atoms with van der Waals surface area (Å²) in [7, 11) is 0. The third kappa shape index (κ3) is 2.30. The van der Waals surface area contributed by atoms with Crippen molar-refractivity contribution in [1.82, 2.24) is 0 Å². The highest BCUT2D eigenvalue weighted by Gasteiger charge is 2.21. The predicted octanol–water partition coefficient (Wildman–Crippen LogP) is 1.72. The lowest BCUT2D eigenvalue weighted by atomic mass is 9.99. The Hall–Kier alpha value is -0.940. The van der Waals surface area contributed by atoms with Crippen molar-refractivity contribution in [3.8, 4) is 0 Å². The van der Waals surface area contributed by atoms with Crippen LogP contribution in [0.15, 0.2) is 22.7 Å². The second kappa shape index (κ2) is 4.52. The molecule has 0 heterocycles. The maximum Gasteiger partial charge on any atom is 0.312 e. The quantitative estimate of drug-likeness (QED) is 0.871. The van der Waals surface area contributed by atoms with Crippen molar-refractivity contribution < 1.29 is 14.3 Å². The molecule has 1 atom stereocenters. The highest BCUT2D eigenvalue weighted by Crippen LogP contribution is 2.22. The minimum Gasteiger partial charge on any atom is -0.481 e. The molecule has 0 fully saturated rings. The molecule has 0 aliphatic rings. The van der Waals surface area contributed by atoms with Gasteiger partial charge >= 0.3 is 5.97 Å². The average molecular weight is 262 g/mol. The van der Waals surface area contributed by atoms with Gasteiger partial charge in [-0.1, -0.05) is 22.0 Å². The van der Waals surface area contributed by atoms with Gasteiger partial charge in [-0.25, -0.2) is 4.39 Å². The Kier molecular flexibility index (Phi) is 3.60. The van der Waals surface area contributed by atoms with E-state index in [4.69, 9.17) is 10.8 Å². The molecule has 0 saturated carbocycles. The normalized spacial score (nSPS) is 12.5. The third-order valence-electron chi connectivity index (χ3n) is 1.87. The van der Waals surface area contributed by atoms with Crippen LogP contribution in [0.5, 0.6) is 0 Å². The second-order valence-electron chi connectivity index (χ2n) is 2.79. The van der Waals surface area contributed by atoms with Gasteiger partial charge in [0.2, 0.25) is 0 Å². The number of carboxylic acids is 1. The van der Waals surface area contributed by atoms with Gasteiger partial charge in [0.1, 0.15) is 5.82 Å². The first kappa shape index (κ1) is 11.1. The van der Waals surface area contributed by atoms with Gasteiger partial charge in [0.15, 0.2) is 0 Å². The SMILES string of the molecule is NCC(C(=O)O)c1ccc(Br)cc1F. The minimum absolute atomic E-state index is 0.114. The summed E-state index contributed by atoms with van der Waals surface area (Å²) in [5.74, 6) is -2.66. The Labute approximate surface area is 88.9 Å². The largest absolute Gasteiger partial charge is 0.481 e. The fraction of sp³-hybridized carbons (Fsp3) is 0.222. The lowest BCUT2D eigenvalue weighted by Crippen LogP contribution is -2.22. The maximum atomic E-state index is 13.3. The van der Waals surface area contributed by atoms with E-state index in [2.05, 4.69) is 15.9 Å². The summed E-state index contributed by atoms with van der Waals surface area (Å²) in [5, 5.41) is 8.76. The third-order valence-corrected chi connectivity index (χ3v) is 2.36. The van der Waals surface area contributed by atoms with E-state index in [0.29, 0.717) is 4.47 Å². The fourth-order valence-electron chi connectivity index (χ4n) is 1.14. The molecule has 0 bridgehead atoms. The predicted molar refractivity (Wildman–Crippen MR) is 53.5 cm³/mol. The summed E-state index contributed by atoms with van der Waals surface area (Å²) in [6, 6.07) is 4.23. The van der Waals surface area contributed by atoms with Crippen molar-refractivity contribution in [2.24, 2.45) is 5.73 Å². The Morgan fingerprint density at radius 1 is 1.64 bits per heavy atom. The van der Waals surface area contributed by atoms with Crippen molar-refractivity contribution in [1.29, 1.82) is 0 Å². The van der Waals surface area contributed by atoms with Gasteiger partial charge < -0.3 is 10.8 Å². The summed E-state index contributed by atoms with van der Waals surface area (Å²) >= 11 is 3.09. The highest BCUT2D eigenvalue weighted by molar-refractivity contribution is 9.10. The van der Waals surface area contributed by atoms with E-state index in [1.807, 2.05) is 0 Å². The molecule has 1 aromatic rings. The topological polar surface area (TPSA) is 63.3 Å². The Morgan fingerprint density at radius 2 is 2.29 bits per heavy atom. The van der Waals surface area contributed by atoms with E-state index < -0.39 is 17.7 Å². The monoisotopic (exact) mass is 261 g/mol. The first-order chi connectivity index (χ1) is 6.56. The molecule has 76 valence electrons. The molecular formula is C9H9BrFNO2. The Balaban J connectivity index is 3.10. The lowest BCUT2D eigenvalue weighted by Gasteiger charge is -2.10. The molecule has 0 radical (unpaired) electrons. The number of carboxylic acid groups (broad SMARTS) is 1. The highest BCUT2D eigenvalue weighted by atomic mass is 79.9. The van der Waals surface area contributed by atoms with Crippen LogP contribution in [0.25, 0.3) is 0 Å². The molecule has 3 N–H and O–H groups in total. The molecule has 0 spiro atoms. The lowest BCUT2D eigenvalue weighted by molar-refractivity contribution is -0.138. The van der Waals surface area contributed by atoms with Crippen molar-refractivity contribution in [3.05, 3.63) is 34.1 Å². The molecule has 1 aromatic carbocycles. The first-order valence-corrected chi connectivity index (χ1v) is 4.73. The summed E-state index contributed by atoms with van der Waals surface area (Å²) in [4.78, 5) is 10.7. The number of halogens is 2. The molecule has 1 unspecified atom stereocenters. The molecule has 0 saturated heterocycles. The molecular weight excluding hydrogens is 253 g/mol. The van der Waals surface area contributed by atoms with Crippen LogP contribution in [0.1, 0.15) is 11.5 Å². The zero-order valence-electron chi connectivity index (χ0n) is 7.21. The van der Waals surface area contributed by atoms with Crippen LogP contribution in [-0.2, 0) is 4.79 Å². The van der Waals surface area contributed by atoms with Crippen LogP contribution in [-0.4, -0.2) is 17.6 Å². The van der Waals surface area contributed by atoms with E-state index in [-0.39, 0.29) is 12.1 Å². The molecule has 0 amide bonds. The zero-order chi connectivity index (χ0) is 10.7. The summed E-state index contributed by atoms with van der Waals surface area (Å²) < 4.78 is 13.9. The standard InChI is InChI=1S/C9H9BrFNO2/c10-5-1-2-6(8(11)3-5)7(4-12)9(13)14/h1-3,7H,4,12H2,(H,13,14). The van der Waals surface area contributed by atoms with Gasteiger partial charge in [0.05, 0.1) is 5.92 Å². The molecule has 5 heteroatoms. The smallest absolute Gasteiger partial charge is 0.312 e. The van der Waals surface area contributed by atoms with Crippen molar-refractivity contribution in [2.75, 3.05) is 6.54 Å². The fourth-order valence-corrected chi connectivity index (χ4v) is 1.48. The number of nitrogens with two attached hydrogens (primary N) is 1. The zero-order valence-corrected chi connectivity index (χ0v) is 8.79. The molecule has 3 nitrogen and oxygen atoms in total. The van der Waals surface area contributed by atoms with Crippen LogP contribution >= 0.6 is 15.9 Å². The average Bonchev–Trinajstić information content (AvgIpc) is 2.09. The second-order valence-corrected chi connectivity index (χ2v) is 3.71. The van der Waals surface area contributed by atoms with E-state index >= 15 is 0 Å². The van der Waals surface area contributed by atoms with Gasteiger partial charge in [0.25, 0.3) is 0 Å². The van der Waals surface area contributed by atoms with Crippen molar-refractivity contribution >= 4 is 21.9 Å². The number of benzene rings is 1. The Bertz CT molecular complexity index is 357. The molecule has 0 aliphatic carbocycles. The minimum atomic E-state index is -1.12. The van der Waals surface area contributed by atoms with Crippen LogP contribution in [0.2, 0.25) is 0 Å². The number of rotatable bonds is 3.